The van der Waals surface area contributed by atoms with Gasteiger partial charge in [0.15, 0.2) is 0 Å². The van der Waals surface area contributed by atoms with E-state index in [-0.39, 0.29) is 23.7 Å². The fraction of sp³-hybridized carbons (Fsp3) is 0.500. The average Bonchev–Trinajstić information content (AvgIpc) is 2.84. The summed E-state index contributed by atoms with van der Waals surface area (Å²) in [6.45, 7) is 2.54. The highest BCUT2D eigenvalue weighted by molar-refractivity contribution is 5.93. The van der Waals surface area contributed by atoms with E-state index in [1.54, 1.807) is 0 Å². The maximum atomic E-state index is 12.3. The second-order valence-electron chi connectivity index (χ2n) is 5.24. The van der Waals surface area contributed by atoms with Crippen LogP contribution in [-0.2, 0) is 4.79 Å². The predicted octanol–water partition coefficient (Wildman–Crippen LogP) is 1.09. The molecular weight excluding hydrogens is 260 g/mol. The van der Waals surface area contributed by atoms with Crippen LogP contribution in [0.3, 0.4) is 0 Å². The Bertz CT molecular complexity index is 581. The van der Waals surface area contributed by atoms with Crippen molar-refractivity contribution in [3.05, 3.63) is 34.2 Å². The van der Waals surface area contributed by atoms with Crippen LogP contribution in [0.1, 0.15) is 36.7 Å². The molecule has 1 amide bonds. The van der Waals surface area contributed by atoms with Crippen LogP contribution in [0, 0.1) is 5.41 Å². The quantitative estimate of drug-likeness (QED) is 0.862. The van der Waals surface area contributed by atoms with Gasteiger partial charge in [0.05, 0.1) is 5.41 Å². The number of nitrogens with one attached hydrogen (secondary N) is 1. The van der Waals surface area contributed by atoms with Crippen molar-refractivity contribution in [2.75, 3.05) is 13.1 Å². The van der Waals surface area contributed by atoms with Crippen LogP contribution in [0.25, 0.3) is 0 Å². The Kier molecular flexibility index (Phi) is 3.92. The van der Waals surface area contributed by atoms with Crippen LogP contribution in [0.2, 0.25) is 0 Å². The predicted molar refractivity (Wildman–Crippen MR) is 72.6 cm³/mol. The molecule has 0 radical (unpaired) electrons. The minimum atomic E-state index is -0.851. The Morgan fingerprint density at radius 3 is 2.80 bits per heavy atom. The number of likely N-dealkylation sites (tertiary alicyclic amines) is 1. The minimum Gasteiger partial charge on any atom is -0.481 e. The molecule has 108 valence electrons. The van der Waals surface area contributed by atoms with Gasteiger partial charge < -0.3 is 15.0 Å². The number of H-pyrrole nitrogens is 1. The number of hydrogen-bond donors (Lipinski definition) is 2. The van der Waals surface area contributed by atoms with E-state index in [0.717, 1.165) is 6.42 Å². The number of rotatable bonds is 4. The van der Waals surface area contributed by atoms with Gasteiger partial charge in [-0.25, -0.2) is 0 Å². The highest BCUT2D eigenvalue weighted by Gasteiger charge is 2.45. The van der Waals surface area contributed by atoms with E-state index in [0.29, 0.717) is 19.4 Å². The fourth-order valence-electron chi connectivity index (χ4n) is 2.75. The van der Waals surface area contributed by atoms with Crippen molar-refractivity contribution in [2.24, 2.45) is 5.41 Å². The number of carboxylic acid groups (broad SMARTS) is 1. The molecule has 1 aliphatic rings. The highest BCUT2D eigenvalue weighted by Crippen LogP contribution is 2.35. The molecule has 1 saturated heterocycles. The van der Waals surface area contributed by atoms with E-state index < -0.39 is 11.4 Å². The summed E-state index contributed by atoms with van der Waals surface area (Å²) >= 11 is 0. The molecule has 1 fully saturated rings. The van der Waals surface area contributed by atoms with Crippen molar-refractivity contribution in [3.63, 3.8) is 0 Å². The molecule has 20 heavy (non-hydrogen) atoms. The van der Waals surface area contributed by atoms with Crippen molar-refractivity contribution in [3.8, 4) is 0 Å². The van der Waals surface area contributed by atoms with Gasteiger partial charge in [0, 0.05) is 19.2 Å². The molecule has 1 atom stereocenters. The number of carboxylic acids is 1. The Balaban J connectivity index is 2.18. The first kappa shape index (κ1) is 14.3. The van der Waals surface area contributed by atoms with Crippen molar-refractivity contribution >= 4 is 11.9 Å². The third-order valence-corrected chi connectivity index (χ3v) is 3.82. The van der Waals surface area contributed by atoms with Crippen LogP contribution < -0.4 is 5.56 Å². The summed E-state index contributed by atoms with van der Waals surface area (Å²) in [4.78, 5) is 39.0. The summed E-state index contributed by atoms with van der Waals surface area (Å²) in [6, 6.07) is 4.38. The normalized spacial score (nSPS) is 21.9. The lowest BCUT2D eigenvalue weighted by Crippen LogP contribution is -2.37. The fourth-order valence-corrected chi connectivity index (χ4v) is 2.75. The summed E-state index contributed by atoms with van der Waals surface area (Å²) in [6.07, 6.45) is 1.77. The van der Waals surface area contributed by atoms with Crippen LogP contribution in [0.5, 0.6) is 0 Å². The summed E-state index contributed by atoms with van der Waals surface area (Å²) in [5.41, 5.74) is -0.984. The Morgan fingerprint density at radius 1 is 1.45 bits per heavy atom. The number of pyridine rings is 1. The zero-order valence-electron chi connectivity index (χ0n) is 11.4. The molecule has 1 unspecified atom stereocenters. The SMILES string of the molecule is CCCC1(C(=O)O)CCN(C(=O)c2cccc(=O)[nH]2)C1. The second-order valence-corrected chi connectivity index (χ2v) is 5.24. The van der Waals surface area contributed by atoms with E-state index in [4.69, 9.17) is 0 Å². The monoisotopic (exact) mass is 278 g/mol. The molecule has 0 saturated carbocycles. The van der Waals surface area contributed by atoms with Gasteiger partial charge in [-0.05, 0) is 18.9 Å². The maximum Gasteiger partial charge on any atom is 0.311 e. The van der Waals surface area contributed by atoms with Crippen LogP contribution in [0.15, 0.2) is 23.0 Å². The molecule has 6 heteroatoms. The van der Waals surface area contributed by atoms with Gasteiger partial charge >= 0.3 is 5.97 Å². The number of aromatic amines is 1. The van der Waals surface area contributed by atoms with Gasteiger partial charge in [0.2, 0.25) is 5.56 Å². The molecule has 6 nitrogen and oxygen atoms in total. The Labute approximate surface area is 116 Å². The standard InChI is InChI=1S/C14H18N2O4/c1-2-6-14(13(19)20)7-8-16(9-14)12(18)10-4-3-5-11(17)15-10/h3-5H,2,6-9H2,1H3,(H,15,17)(H,19,20). The number of carbonyl (C=O) groups excluding carboxylic acids is 1. The summed E-state index contributed by atoms with van der Waals surface area (Å²) in [5.74, 6) is -1.17. The third kappa shape index (κ3) is 2.59. The van der Waals surface area contributed by atoms with E-state index in [2.05, 4.69) is 4.98 Å². The topological polar surface area (TPSA) is 90.5 Å². The lowest BCUT2D eigenvalue weighted by atomic mass is 9.83. The van der Waals surface area contributed by atoms with Crippen LogP contribution in [0.4, 0.5) is 0 Å². The van der Waals surface area contributed by atoms with Crippen molar-refractivity contribution < 1.29 is 14.7 Å². The van der Waals surface area contributed by atoms with Gasteiger partial charge in [-0.1, -0.05) is 19.4 Å². The number of aromatic nitrogens is 1. The summed E-state index contributed by atoms with van der Waals surface area (Å²) < 4.78 is 0. The number of amides is 1. The average molecular weight is 278 g/mol. The van der Waals surface area contributed by atoms with Crippen molar-refractivity contribution in [1.82, 2.24) is 9.88 Å². The largest absolute Gasteiger partial charge is 0.481 e. The van der Waals surface area contributed by atoms with Gasteiger partial charge in [-0.2, -0.15) is 0 Å². The lowest BCUT2D eigenvalue weighted by Gasteiger charge is -2.24. The summed E-state index contributed by atoms with van der Waals surface area (Å²) in [7, 11) is 0. The first-order chi connectivity index (χ1) is 9.48. The molecule has 2 N–H and O–H groups in total. The molecule has 2 rings (SSSR count). The zero-order chi connectivity index (χ0) is 14.8. The number of aliphatic carboxylic acids is 1. The lowest BCUT2D eigenvalue weighted by molar-refractivity contribution is -0.148. The molecule has 0 aliphatic carbocycles. The molecule has 1 aromatic rings. The molecule has 2 heterocycles. The highest BCUT2D eigenvalue weighted by atomic mass is 16.4. The first-order valence-corrected chi connectivity index (χ1v) is 6.70. The Hall–Kier alpha value is -2.11. The maximum absolute atomic E-state index is 12.3. The molecular formula is C14H18N2O4. The molecule has 1 aromatic heterocycles. The van der Waals surface area contributed by atoms with Crippen LogP contribution in [-0.4, -0.2) is 40.0 Å². The molecule has 0 bridgehead atoms. The van der Waals surface area contributed by atoms with E-state index >= 15 is 0 Å². The van der Waals surface area contributed by atoms with E-state index in [1.807, 2.05) is 6.92 Å². The summed E-state index contributed by atoms with van der Waals surface area (Å²) in [5, 5.41) is 9.41. The number of nitrogens with zero attached hydrogens (tertiary/aromatic N) is 1. The van der Waals surface area contributed by atoms with E-state index in [9.17, 15) is 19.5 Å². The Morgan fingerprint density at radius 2 is 2.20 bits per heavy atom. The van der Waals surface area contributed by atoms with Gasteiger partial charge in [0.1, 0.15) is 5.69 Å². The first-order valence-electron chi connectivity index (χ1n) is 6.70. The van der Waals surface area contributed by atoms with Gasteiger partial charge in [-0.3, -0.25) is 14.4 Å². The van der Waals surface area contributed by atoms with E-state index in [1.165, 1.54) is 23.1 Å². The van der Waals surface area contributed by atoms with Gasteiger partial charge in [0.25, 0.3) is 5.91 Å². The molecule has 0 aromatic carbocycles. The molecule has 0 spiro atoms. The smallest absolute Gasteiger partial charge is 0.311 e. The zero-order valence-corrected chi connectivity index (χ0v) is 11.4. The van der Waals surface area contributed by atoms with Crippen molar-refractivity contribution in [1.29, 1.82) is 0 Å². The number of hydrogen-bond acceptors (Lipinski definition) is 3. The number of carbonyl (C=O) groups is 2. The minimum absolute atomic E-state index is 0.200. The molecule has 1 aliphatic heterocycles. The van der Waals surface area contributed by atoms with Crippen LogP contribution >= 0.6 is 0 Å². The van der Waals surface area contributed by atoms with Crippen molar-refractivity contribution in [2.45, 2.75) is 26.2 Å². The van der Waals surface area contributed by atoms with Gasteiger partial charge in [-0.15, -0.1) is 0 Å². The second kappa shape index (κ2) is 5.48. The third-order valence-electron chi connectivity index (χ3n) is 3.82.